The molecule has 6 nitrogen and oxygen atoms in total. The second-order valence-corrected chi connectivity index (χ2v) is 8.13. The van der Waals surface area contributed by atoms with Gasteiger partial charge in [-0.3, -0.25) is 4.79 Å². The van der Waals surface area contributed by atoms with E-state index in [1.807, 2.05) is 46.1 Å². The van der Waals surface area contributed by atoms with Crippen molar-refractivity contribution in [1.29, 1.82) is 0 Å². The minimum absolute atomic E-state index is 0.137. The predicted molar refractivity (Wildman–Crippen MR) is 109 cm³/mol. The number of carbonyl (C=O) groups is 1. The molecule has 148 valence electrons. The van der Waals surface area contributed by atoms with Gasteiger partial charge < -0.3 is 9.64 Å². The molecule has 5 rings (SSSR count). The SMILES string of the molecule is O=C([C@H]1C[C@@H]1c1ccccc1)N1CC(n2cc(COc3ccc(Cl)cc3)nn2)C1. The summed E-state index contributed by atoms with van der Waals surface area (Å²) in [6.07, 6.45) is 2.85. The summed E-state index contributed by atoms with van der Waals surface area (Å²) in [5, 5.41) is 9.06. The molecule has 1 saturated carbocycles. The zero-order valence-electron chi connectivity index (χ0n) is 15.8. The van der Waals surface area contributed by atoms with Crippen LogP contribution in [0.2, 0.25) is 5.02 Å². The maximum Gasteiger partial charge on any atom is 0.226 e. The Hall–Kier alpha value is -2.86. The van der Waals surface area contributed by atoms with E-state index in [9.17, 15) is 4.79 Å². The maximum absolute atomic E-state index is 12.7. The van der Waals surface area contributed by atoms with Gasteiger partial charge in [-0.15, -0.1) is 5.10 Å². The summed E-state index contributed by atoms with van der Waals surface area (Å²) < 4.78 is 7.54. The van der Waals surface area contributed by atoms with Crippen LogP contribution in [0.5, 0.6) is 5.75 Å². The van der Waals surface area contributed by atoms with E-state index in [2.05, 4.69) is 22.4 Å². The van der Waals surface area contributed by atoms with Crippen LogP contribution < -0.4 is 4.74 Å². The highest BCUT2D eigenvalue weighted by molar-refractivity contribution is 6.30. The molecule has 0 bridgehead atoms. The minimum Gasteiger partial charge on any atom is -0.487 e. The monoisotopic (exact) mass is 408 g/mol. The average Bonchev–Trinajstić information content (AvgIpc) is 3.39. The van der Waals surface area contributed by atoms with Gasteiger partial charge >= 0.3 is 0 Å². The molecule has 1 saturated heterocycles. The number of aromatic nitrogens is 3. The Morgan fingerprint density at radius 1 is 1.10 bits per heavy atom. The molecule has 2 atom stereocenters. The number of ether oxygens (including phenoxy) is 1. The summed E-state index contributed by atoms with van der Waals surface area (Å²) in [6, 6.07) is 17.7. The Morgan fingerprint density at radius 3 is 2.62 bits per heavy atom. The second-order valence-electron chi connectivity index (χ2n) is 7.69. The van der Waals surface area contributed by atoms with Crippen LogP contribution in [0.4, 0.5) is 0 Å². The van der Waals surface area contributed by atoms with Gasteiger partial charge in [-0.2, -0.15) is 0 Å². The fourth-order valence-electron chi connectivity index (χ4n) is 3.82. The molecule has 3 aromatic rings. The number of halogens is 1. The molecule has 0 radical (unpaired) electrons. The molecule has 29 heavy (non-hydrogen) atoms. The van der Waals surface area contributed by atoms with Crippen LogP contribution in [0, 0.1) is 5.92 Å². The Balaban J connectivity index is 1.11. The van der Waals surface area contributed by atoms with E-state index < -0.39 is 0 Å². The average molecular weight is 409 g/mol. The van der Waals surface area contributed by atoms with E-state index >= 15 is 0 Å². The van der Waals surface area contributed by atoms with Crippen molar-refractivity contribution < 1.29 is 9.53 Å². The van der Waals surface area contributed by atoms with Gasteiger partial charge in [-0.1, -0.05) is 47.1 Å². The number of amides is 1. The molecule has 2 fully saturated rings. The Bertz CT molecular complexity index is 999. The summed E-state index contributed by atoms with van der Waals surface area (Å²) >= 11 is 5.88. The van der Waals surface area contributed by atoms with E-state index in [1.165, 1.54) is 5.56 Å². The molecular weight excluding hydrogens is 388 g/mol. The van der Waals surface area contributed by atoms with E-state index in [0.717, 1.165) is 17.9 Å². The van der Waals surface area contributed by atoms with E-state index in [0.29, 0.717) is 30.6 Å². The number of carbonyl (C=O) groups excluding carboxylic acids is 1. The predicted octanol–water partition coefficient (Wildman–Crippen LogP) is 3.70. The van der Waals surface area contributed by atoms with Crippen molar-refractivity contribution in [3.05, 3.63) is 77.1 Å². The summed E-state index contributed by atoms with van der Waals surface area (Å²) in [4.78, 5) is 14.6. The van der Waals surface area contributed by atoms with Crippen molar-refractivity contribution in [3.63, 3.8) is 0 Å². The first-order valence-corrected chi connectivity index (χ1v) is 10.2. The molecule has 1 aliphatic carbocycles. The van der Waals surface area contributed by atoms with Crippen molar-refractivity contribution in [2.45, 2.75) is 25.0 Å². The molecular formula is C22H21ClN4O2. The van der Waals surface area contributed by atoms with Crippen molar-refractivity contribution in [3.8, 4) is 5.75 Å². The molecule has 2 aromatic carbocycles. The van der Waals surface area contributed by atoms with Gasteiger partial charge in [0.05, 0.1) is 12.2 Å². The zero-order chi connectivity index (χ0) is 19.8. The molecule has 2 heterocycles. The third-order valence-electron chi connectivity index (χ3n) is 5.64. The minimum atomic E-state index is 0.137. The fourth-order valence-corrected chi connectivity index (χ4v) is 3.95. The highest BCUT2D eigenvalue weighted by Gasteiger charge is 2.48. The number of nitrogens with zero attached hydrogens (tertiary/aromatic N) is 4. The van der Waals surface area contributed by atoms with E-state index in [1.54, 1.807) is 12.1 Å². The smallest absolute Gasteiger partial charge is 0.226 e. The first-order valence-electron chi connectivity index (χ1n) is 9.80. The molecule has 0 N–H and O–H groups in total. The van der Waals surface area contributed by atoms with Gasteiger partial charge in [0, 0.05) is 24.0 Å². The van der Waals surface area contributed by atoms with Crippen molar-refractivity contribution in [2.24, 2.45) is 5.92 Å². The van der Waals surface area contributed by atoms with E-state index in [4.69, 9.17) is 16.3 Å². The van der Waals surface area contributed by atoms with Gasteiger partial charge in [0.25, 0.3) is 0 Å². The maximum atomic E-state index is 12.7. The number of hydrogen-bond acceptors (Lipinski definition) is 4. The lowest BCUT2D eigenvalue weighted by atomic mass is 10.1. The summed E-state index contributed by atoms with van der Waals surface area (Å²) in [5.41, 5.74) is 2.03. The van der Waals surface area contributed by atoms with Gasteiger partial charge in [-0.25, -0.2) is 4.68 Å². The lowest BCUT2D eigenvalue weighted by Gasteiger charge is -2.39. The van der Waals surface area contributed by atoms with Gasteiger partial charge in [-0.05, 0) is 42.2 Å². The third-order valence-corrected chi connectivity index (χ3v) is 5.89. The van der Waals surface area contributed by atoms with Gasteiger partial charge in [0.1, 0.15) is 18.1 Å². The summed E-state index contributed by atoms with van der Waals surface area (Å²) in [5.74, 6) is 1.52. The molecule has 0 unspecified atom stereocenters. The first kappa shape index (κ1) is 18.2. The highest BCUT2D eigenvalue weighted by atomic mass is 35.5. The highest BCUT2D eigenvalue weighted by Crippen LogP contribution is 2.49. The van der Waals surface area contributed by atoms with Crippen LogP contribution in [0.3, 0.4) is 0 Å². The number of benzene rings is 2. The molecule has 7 heteroatoms. The van der Waals surface area contributed by atoms with Crippen LogP contribution >= 0.6 is 11.6 Å². The quantitative estimate of drug-likeness (QED) is 0.624. The normalized spacial score (nSPS) is 20.9. The largest absolute Gasteiger partial charge is 0.487 e. The Kier molecular flexibility index (Phi) is 4.72. The zero-order valence-corrected chi connectivity index (χ0v) is 16.6. The van der Waals surface area contributed by atoms with Gasteiger partial charge in [0.15, 0.2) is 0 Å². The standard InChI is InChI=1S/C22H21ClN4O2/c23-16-6-8-19(9-7-16)29-14-17-11-27(25-24-17)18-12-26(13-18)22(28)21-10-20(21)15-4-2-1-3-5-15/h1-9,11,18,20-21H,10,12-14H2/t20-,21+/m1/s1. The van der Waals surface area contributed by atoms with Crippen molar-refractivity contribution in [2.75, 3.05) is 13.1 Å². The van der Waals surface area contributed by atoms with Gasteiger partial charge in [0.2, 0.25) is 5.91 Å². The van der Waals surface area contributed by atoms with E-state index in [-0.39, 0.29) is 17.9 Å². The number of likely N-dealkylation sites (tertiary alicyclic amines) is 1. The topological polar surface area (TPSA) is 60.2 Å². The lowest BCUT2D eigenvalue weighted by molar-refractivity contribution is -0.138. The molecule has 2 aliphatic rings. The fraction of sp³-hybridized carbons (Fsp3) is 0.318. The van der Waals surface area contributed by atoms with Crippen LogP contribution in [-0.4, -0.2) is 38.9 Å². The number of hydrogen-bond donors (Lipinski definition) is 0. The van der Waals surface area contributed by atoms with Crippen LogP contribution in [0.1, 0.15) is 29.6 Å². The van der Waals surface area contributed by atoms with Crippen LogP contribution in [0.15, 0.2) is 60.8 Å². The molecule has 1 aliphatic heterocycles. The summed E-state index contributed by atoms with van der Waals surface area (Å²) in [6.45, 7) is 1.73. The lowest BCUT2D eigenvalue weighted by Crippen LogP contribution is -2.51. The number of rotatable bonds is 6. The molecule has 1 amide bonds. The Morgan fingerprint density at radius 2 is 1.86 bits per heavy atom. The summed E-state index contributed by atoms with van der Waals surface area (Å²) in [7, 11) is 0. The molecule has 1 aromatic heterocycles. The third kappa shape index (κ3) is 3.85. The van der Waals surface area contributed by atoms with Crippen molar-refractivity contribution in [1.82, 2.24) is 19.9 Å². The van der Waals surface area contributed by atoms with Crippen LogP contribution in [0.25, 0.3) is 0 Å². The molecule has 0 spiro atoms. The van der Waals surface area contributed by atoms with Crippen LogP contribution in [-0.2, 0) is 11.4 Å². The first-order chi connectivity index (χ1) is 14.2. The van der Waals surface area contributed by atoms with Crippen molar-refractivity contribution >= 4 is 17.5 Å². The Labute approximate surface area is 174 Å². The second kappa shape index (κ2) is 7.52.